The zero-order chi connectivity index (χ0) is 21.3. The van der Waals surface area contributed by atoms with Crippen LogP contribution in [0.5, 0.6) is 0 Å². The molecule has 0 unspecified atom stereocenters. The maximum atomic E-state index is 13.5. The number of carbonyl (C=O) groups is 1. The molecule has 0 bridgehead atoms. The van der Waals surface area contributed by atoms with Gasteiger partial charge in [0.05, 0.1) is 22.3 Å². The Morgan fingerprint density at radius 2 is 1.80 bits per heavy atom. The van der Waals surface area contributed by atoms with Gasteiger partial charge in [-0.25, -0.2) is 4.57 Å². The number of nitrogens with one attached hydrogen (secondary N) is 1. The number of nitrogens with zero attached hydrogens (tertiary/aromatic N) is 4. The molecule has 0 radical (unpaired) electrons. The molecule has 30 heavy (non-hydrogen) atoms. The molecule has 7 nitrogen and oxygen atoms in total. The highest BCUT2D eigenvalue weighted by molar-refractivity contribution is 7.99. The van der Waals surface area contributed by atoms with Gasteiger partial charge in [-0.1, -0.05) is 49.0 Å². The van der Waals surface area contributed by atoms with Crippen molar-refractivity contribution in [2.45, 2.75) is 32.3 Å². The third-order valence-electron chi connectivity index (χ3n) is 4.96. The number of aryl methyl sites for hydroxylation is 2. The summed E-state index contributed by atoms with van der Waals surface area (Å²) in [5.74, 6) is 0.621. The first-order valence-electron chi connectivity index (χ1n) is 9.88. The maximum Gasteiger partial charge on any atom is 0.267 e. The van der Waals surface area contributed by atoms with Crippen LogP contribution in [0.25, 0.3) is 22.4 Å². The maximum absolute atomic E-state index is 13.5. The van der Waals surface area contributed by atoms with Crippen LogP contribution >= 0.6 is 11.8 Å². The monoisotopic (exact) mass is 421 g/mol. The quantitative estimate of drug-likeness (QED) is 0.483. The number of rotatable bonds is 6. The lowest BCUT2D eigenvalue weighted by molar-refractivity contribution is -0.118. The Kier molecular flexibility index (Phi) is 5.59. The van der Waals surface area contributed by atoms with Gasteiger partial charge < -0.3 is 5.32 Å². The van der Waals surface area contributed by atoms with E-state index in [1.54, 1.807) is 4.57 Å². The Morgan fingerprint density at radius 1 is 1.07 bits per heavy atom. The molecule has 2 aromatic heterocycles. The molecule has 154 valence electrons. The average molecular weight is 422 g/mol. The summed E-state index contributed by atoms with van der Waals surface area (Å²) in [5.41, 5.74) is 3.35. The molecule has 0 aliphatic heterocycles. The Balaban J connectivity index is 1.94. The molecule has 2 aromatic carbocycles. The van der Waals surface area contributed by atoms with Gasteiger partial charge in [0.1, 0.15) is 0 Å². The van der Waals surface area contributed by atoms with Gasteiger partial charge in [0.25, 0.3) is 5.56 Å². The predicted molar refractivity (Wildman–Crippen MR) is 120 cm³/mol. The van der Waals surface area contributed by atoms with E-state index < -0.39 is 0 Å². The summed E-state index contributed by atoms with van der Waals surface area (Å²) in [7, 11) is 0. The summed E-state index contributed by atoms with van der Waals surface area (Å²) in [5, 5.41) is 12.7. The van der Waals surface area contributed by atoms with Gasteiger partial charge in [-0.3, -0.25) is 14.0 Å². The second-order valence-electron chi connectivity index (χ2n) is 7.15. The minimum Gasteiger partial charge on any atom is -0.355 e. The van der Waals surface area contributed by atoms with E-state index in [0.717, 1.165) is 28.8 Å². The molecule has 1 N–H and O–H groups in total. The number of aromatic nitrogens is 4. The fourth-order valence-electron chi connectivity index (χ4n) is 3.58. The van der Waals surface area contributed by atoms with Crippen molar-refractivity contribution < 1.29 is 4.79 Å². The van der Waals surface area contributed by atoms with Crippen molar-refractivity contribution in [1.82, 2.24) is 24.5 Å². The van der Waals surface area contributed by atoms with Gasteiger partial charge >= 0.3 is 0 Å². The minimum atomic E-state index is -0.139. The van der Waals surface area contributed by atoms with Crippen LogP contribution in [0.4, 0.5) is 0 Å². The van der Waals surface area contributed by atoms with E-state index >= 15 is 0 Å². The number of benzene rings is 2. The number of thioether (sulfide) groups is 1. The second-order valence-corrected chi connectivity index (χ2v) is 8.10. The van der Waals surface area contributed by atoms with Crippen LogP contribution < -0.4 is 10.9 Å². The number of carbonyl (C=O) groups excluding carboxylic acids is 1. The molecule has 0 saturated carbocycles. The van der Waals surface area contributed by atoms with Gasteiger partial charge in [-0.15, -0.1) is 10.2 Å². The normalized spacial score (nSPS) is 11.3. The van der Waals surface area contributed by atoms with Crippen molar-refractivity contribution in [3.8, 4) is 5.69 Å². The average Bonchev–Trinajstić information content (AvgIpc) is 3.16. The van der Waals surface area contributed by atoms with E-state index in [9.17, 15) is 9.59 Å². The second kappa shape index (κ2) is 8.31. The number of hydrogen-bond donors (Lipinski definition) is 1. The first-order valence-corrected chi connectivity index (χ1v) is 10.9. The van der Waals surface area contributed by atoms with Gasteiger partial charge in [0, 0.05) is 6.54 Å². The first-order chi connectivity index (χ1) is 14.5. The Labute approximate surface area is 178 Å². The summed E-state index contributed by atoms with van der Waals surface area (Å²) in [6.07, 6.45) is 0.886. The number of fused-ring (bicyclic) bond motifs is 3. The summed E-state index contributed by atoms with van der Waals surface area (Å²) in [6, 6.07) is 13.3. The Hall–Kier alpha value is -3.13. The summed E-state index contributed by atoms with van der Waals surface area (Å²) < 4.78 is 3.49. The molecule has 2 heterocycles. The van der Waals surface area contributed by atoms with Crippen LogP contribution in [-0.2, 0) is 4.79 Å². The standard InChI is InChI=1S/C22H23N5O2S/c1-4-12-23-18(28)13-30-22-25-24-21-26(22)17-11-6-5-10-16(17)20(29)27(21)19-14(2)8-7-9-15(19)3/h5-11H,4,12-13H2,1-3H3,(H,23,28). The smallest absolute Gasteiger partial charge is 0.267 e. The first kappa shape index (κ1) is 20.2. The molecule has 0 aliphatic rings. The highest BCUT2D eigenvalue weighted by atomic mass is 32.2. The summed E-state index contributed by atoms with van der Waals surface area (Å²) in [6.45, 7) is 6.61. The van der Waals surface area contributed by atoms with Crippen molar-refractivity contribution >= 4 is 34.3 Å². The summed E-state index contributed by atoms with van der Waals surface area (Å²) in [4.78, 5) is 25.5. The fourth-order valence-corrected chi connectivity index (χ4v) is 4.35. The van der Waals surface area contributed by atoms with Gasteiger partial charge in [-0.2, -0.15) is 0 Å². The van der Waals surface area contributed by atoms with Crippen LogP contribution in [0.3, 0.4) is 0 Å². The lowest BCUT2D eigenvalue weighted by Crippen LogP contribution is -2.26. The lowest BCUT2D eigenvalue weighted by atomic mass is 10.1. The van der Waals surface area contributed by atoms with Crippen LogP contribution in [0.1, 0.15) is 24.5 Å². The van der Waals surface area contributed by atoms with Gasteiger partial charge in [0.15, 0.2) is 5.16 Å². The Morgan fingerprint density at radius 3 is 2.53 bits per heavy atom. The minimum absolute atomic E-state index is 0.0500. The Bertz CT molecular complexity index is 1290. The van der Waals surface area contributed by atoms with E-state index in [0.29, 0.717) is 22.9 Å². The highest BCUT2D eigenvalue weighted by Crippen LogP contribution is 2.25. The van der Waals surface area contributed by atoms with Crippen LogP contribution in [0.15, 0.2) is 52.4 Å². The van der Waals surface area contributed by atoms with E-state index in [4.69, 9.17) is 0 Å². The molecule has 4 rings (SSSR count). The highest BCUT2D eigenvalue weighted by Gasteiger charge is 2.20. The number of amides is 1. The topological polar surface area (TPSA) is 81.3 Å². The molecule has 0 fully saturated rings. The SMILES string of the molecule is CCCNC(=O)CSc1nnc2n(-c3c(C)cccc3C)c(=O)c3ccccc3n12. The molecule has 8 heteroatoms. The van der Waals surface area contributed by atoms with Crippen LogP contribution in [0.2, 0.25) is 0 Å². The van der Waals surface area contributed by atoms with E-state index in [1.165, 1.54) is 11.8 Å². The molecular weight excluding hydrogens is 398 g/mol. The van der Waals surface area contributed by atoms with Gasteiger partial charge in [0.2, 0.25) is 11.7 Å². The molecule has 4 aromatic rings. The van der Waals surface area contributed by atoms with E-state index in [2.05, 4.69) is 15.5 Å². The summed E-state index contributed by atoms with van der Waals surface area (Å²) >= 11 is 1.31. The van der Waals surface area contributed by atoms with Crippen molar-refractivity contribution in [2.24, 2.45) is 0 Å². The zero-order valence-electron chi connectivity index (χ0n) is 17.2. The molecule has 0 atom stereocenters. The lowest BCUT2D eigenvalue weighted by Gasteiger charge is -2.15. The van der Waals surface area contributed by atoms with E-state index in [-0.39, 0.29) is 17.2 Å². The fraction of sp³-hybridized carbons (Fsp3) is 0.273. The van der Waals surface area contributed by atoms with Crippen molar-refractivity contribution in [1.29, 1.82) is 0 Å². The number of para-hydroxylation sites is 2. The largest absolute Gasteiger partial charge is 0.355 e. The van der Waals surface area contributed by atoms with Crippen molar-refractivity contribution in [2.75, 3.05) is 12.3 Å². The molecule has 0 spiro atoms. The third kappa shape index (κ3) is 3.47. The zero-order valence-corrected chi connectivity index (χ0v) is 18.0. The van der Waals surface area contributed by atoms with Gasteiger partial charge in [-0.05, 0) is 43.5 Å². The number of hydrogen-bond acceptors (Lipinski definition) is 5. The van der Waals surface area contributed by atoms with Crippen molar-refractivity contribution in [3.05, 3.63) is 63.9 Å². The molecule has 0 saturated heterocycles. The molecular formula is C22H23N5O2S. The van der Waals surface area contributed by atoms with Crippen LogP contribution in [-0.4, -0.2) is 37.4 Å². The van der Waals surface area contributed by atoms with E-state index in [1.807, 2.05) is 67.6 Å². The predicted octanol–water partition coefficient (Wildman–Crippen LogP) is 3.27. The van der Waals surface area contributed by atoms with Crippen LogP contribution in [0, 0.1) is 13.8 Å². The third-order valence-corrected chi connectivity index (χ3v) is 5.89. The molecule has 0 aliphatic carbocycles. The van der Waals surface area contributed by atoms with Crippen molar-refractivity contribution in [3.63, 3.8) is 0 Å². The molecule has 1 amide bonds.